The molecule has 0 bridgehead atoms. The van der Waals surface area contributed by atoms with Gasteiger partial charge in [0.25, 0.3) is 0 Å². The molecule has 0 spiro atoms. The first-order chi connectivity index (χ1) is 18.7. The summed E-state index contributed by atoms with van der Waals surface area (Å²) >= 11 is 0. The number of nitrogens with zero attached hydrogens (tertiary/aromatic N) is 6. The van der Waals surface area contributed by atoms with Crippen molar-refractivity contribution in [1.82, 2.24) is 10.2 Å². The Labute approximate surface area is 216 Å². The Morgan fingerprint density at radius 3 is 1.58 bits per heavy atom. The van der Waals surface area contributed by atoms with Crippen LogP contribution in [-0.4, -0.2) is 10.2 Å². The van der Waals surface area contributed by atoms with Crippen LogP contribution >= 0.6 is 0 Å². The van der Waals surface area contributed by atoms with Gasteiger partial charge in [-0.05, 0) is 32.7 Å². The molecule has 38 heavy (non-hydrogen) atoms. The summed E-state index contributed by atoms with van der Waals surface area (Å²) in [5.41, 5.74) is 6.15. The molecule has 6 nitrogen and oxygen atoms in total. The Morgan fingerprint density at radius 2 is 0.974 bits per heavy atom. The number of nitriles is 4. The summed E-state index contributed by atoms with van der Waals surface area (Å²) in [4.78, 5) is 0. The van der Waals surface area contributed by atoms with E-state index in [-0.39, 0.29) is 11.1 Å². The molecule has 6 heteroatoms. The third-order valence-electron chi connectivity index (χ3n) is 7.29. The third-order valence-corrected chi connectivity index (χ3v) is 7.29. The van der Waals surface area contributed by atoms with Crippen molar-refractivity contribution in [3.8, 4) is 46.7 Å². The molecule has 1 heterocycles. The highest BCUT2D eigenvalue weighted by atomic mass is 15.1. The Bertz CT molecular complexity index is 2140. The maximum atomic E-state index is 10.0. The van der Waals surface area contributed by atoms with E-state index in [2.05, 4.69) is 22.3 Å². The molecule has 2 aliphatic carbocycles. The largest absolute Gasteiger partial charge is 0.192 e. The highest BCUT2D eigenvalue weighted by molar-refractivity contribution is 6.20. The maximum Gasteiger partial charge on any atom is 0.139 e. The summed E-state index contributed by atoms with van der Waals surface area (Å²) in [5.74, 6) is 0. The first kappa shape index (κ1) is 21.2. The molecule has 4 aromatic carbocycles. The molecule has 0 radical (unpaired) electrons. The van der Waals surface area contributed by atoms with Crippen molar-refractivity contribution in [2.45, 2.75) is 0 Å². The Kier molecular flexibility index (Phi) is 4.31. The van der Waals surface area contributed by atoms with Gasteiger partial charge in [0.2, 0.25) is 0 Å². The molecule has 2 aliphatic rings. The molecule has 170 valence electrons. The minimum atomic E-state index is -0.0678. The first-order valence-electron chi connectivity index (χ1n) is 11.8. The predicted molar refractivity (Wildman–Crippen MR) is 142 cm³/mol. The van der Waals surface area contributed by atoms with Crippen molar-refractivity contribution in [2.75, 3.05) is 0 Å². The van der Waals surface area contributed by atoms with Crippen molar-refractivity contribution >= 4 is 32.7 Å². The lowest BCUT2D eigenvalue weighted by Gasteiger charge is -2.11. The van der Waals surface area contributed by atoms with Crippen LogP contribution in [0.4, 0.5) is 0 Å². The predicted octanol–water partition coefficient (Wildman–Crippen LogP) is 6.44. The van der Waals surface area contributed by atoms with Gasteiger partial charge in [0.05, 0.1) is 0 Å². The minimum absolute atomic E-state index is 0.0320. The van der Waals surface area contributed by atoms with Crippen LogP contribution < -0.4 is 0 Å². The standard InChI is InChI=1S/C32H12N6/c33-13-19(14-34)25-23-11-9-18-6-2-4-8-22(18)28(23)32-29(25)30-27-21-7-3-1-5-17(21)10-12-24(27)26(20(15-35)16-36)31(30)37-38-32/h1-12H. The first-order valence-corrected chi connectivity index (χ1v) is 11.8. The second kappa shape index (κ2) is 7.71. The minimum Gasteiger partial charge on any atom is -0.192 e. The summed E-state index contributed by atoms with van der Waals surface area (Å²) < 4.78 is 0. The fourth-order valence-electron chi connectivity index (χ4n) is 5.81. The summed E-state index contributed by atoms with van der Waals surface area (Å²) in [7, 11) is 0. The molecule has 7 rings (SSSR count). The zero-order chi connectivity index (χ0) is 26.0. The van der Waals surface area contributed by atoms with Gasteiger partial charge in [-0.1, -0.05) is 72.8 Å². The molecule has 0 amide bonds. The second-order valence-electron chi connectivity index (χ2n) is 9.01. The average molecular weight is 480 g/mol. The topological polar surface area (TPSA) is 121 Å². The van der Waals surface area contributed by atoms with Gasteiger partial charge in [0.1, 0.15) is 46.8 Å². The molecule has 0 aliphatic heterocycles. The fraction of sp³-hybridized carbons (Fsp3) is 0. The summed E-state index contributed by atoms with van der Waals surface area (Å²) in [5, 5.41) is 52.8. The number of allylic oxidation sites excluding steroid dienone is 2. The zero-order valence-corrected chi connectivity index (χ0v) is 19.6. The van der Waals surface area contributed by atoms with E-state index in [1.165, 1.54) is 0 Å². The van der Waals surface area contributed by atoms with Crippen LogP contribution in [0, 0.1) is 45.3 Å². The quantitative estimate of drug-likeness (QED) is 0.230. The molecule has 0 N–H and O–H groups in total. The van der Waals surface area contributed by atoms with Gasteiger partial charge in [-0.2, -0.15) is 21.0 Å². The Hall–Kier alpha value is -6.08. The van der Waals surface area contributed by atoms with E-state index in [4.69, 9.17) is 0 Å². The summed E-state index contributed by atoms with van der Waals surface area (Å²) in [6.07, 6.45) is 0. The van der Waals surface area contributed by atoms with Gasteiger partial charge in [0, 0.05) is 33.4 Å². The second-order valence-corrected chi connectivity index (χ2v) is 9.01. The highest BCUT2D eigenvalue weighted by Crippen LogP contribution is 2.57. The van der Waals surface area contributed by atoms with Crippen LogP contribution in [-0.2, 0) is 0 Å². The molecule has 0 atom stereocenters. The van der Waals surface area contributed by atoms with Crippen molar-refractivity contribution < 1.29 is 0 Å². The van der Waals surface area contributed by atoms with Crippen molar-refractivity contribution in [1.29, 1.82) is 21.0 Å². The number of hydrogen-bond donors (Lipinski definition) is 0. The van der Waals surface area contributed by atoms with Crippen LogP contribution in [0.5, 0.6) is 0 Å². The van der Waals surface area contributed by atoms with Crippen LogP contribution in [0.1, 0.15) is 22.4 Å². The van der Waals surface area contributed by atoms with E-state index < -0.39 is 0 Å². The Balaban J connectivity index is 1.75. The lowest BCUT2D eigenvalue weighted by Crippen LogP contribution is -1.99. The van der Waals surface area contributed by atoms with E-state index >= 15 is 0 Å². The molecular weight excluding hydrogens is 468 g/mol. The van der Waals surface area contributed by atoms with Gasteiger partial charge >= 0.3 is 0 Å². The molecule has 0 saturated heterocycles. The zero-order valence-electron chi connectivity index (χ0n) is 19.6. The van der Waals surface area contributed by atoms with Crippen molar-refractivity contribution in [2.24, 2.45) is 0 Å². The lowest BCUT2D eigenvalue weighted by molar-refractivity contribution is 1.03. The fourth-order valence-corrected chi connectivity index (χ4v) is 5.81. The molecule has 0 unspecified atom stereocenters. The van der Waals surface area contributed by atoms with Gasteiger partial charge < -0.3 is 0 Å². The van der Waals surface area contributed by atoms with Gasteiger partial charge in [-0.15, -0.1) is 10.2 Å². The van der Waals surface area contributed by atoms with E-state index in [9.17, 15) is 21.0 Å². The monoisotopic (exact) mass is 480 g/mol. The van der Waals surface area contributed by atoms with Crippen LogP contribution in [0.2, 0.25) is 0 Å². The highest BCUT2D eigenvalue weighted by Gasteiger charge is 2.39. The number of rotatable bonds is 0. The van der Waals surface area contributed by atoms with Crippen molar-refractivity contribution in [3.05, 3.63) is 106 Å². The SMILES string of the molecule is N#CC(C#N)=C1c2ccc3ccccc3c2-c2c1nnc1c2C(=C(C#N)C#N)c2ccc3ccccc3c2-1. The van der Waals surface area contributed by atoms with Crippen LogP contribution in [0.3, 0.4) is 0 Å². The van der Waals surface area contributed by atoms with Crippen LogP contribution in [0.15, 0.2) is 83.9 Å². The Morgan fingerprint density at radius 1 is 0.474 bits per heavy atom. The van der Waals surface area contributed by atoms with Gasteiger partial charge in [0.15, 0.2) is 0 Å². The normalized spacial score (nSPS) is 12.0. The number of benzene rings is 4. The number of aromatic nitrogens is 2. The van der Waals surface area contributed by atoms with Crippen molar-refractivity contribution in [3.63, 3.8) is 0 Å². The lowest BCUT2D eigenvalue weighted by atomic mass is 9.91. The van der Waals surface area contributed by atoms with E-state index in [0.29, 0.717) is 39.2 Å². The number of hydrogen-bond acceptors (Lipinski definition) is 6. The maximum absolute atomic E-state index is 10.0. The van der Waals surface area contributed by atoms with E-state index in [1.807, 2.05) is 84.9 Å². The van der Waals surface area contributed by atoms with Gasteiger partial charge in [-0.25, -0.2) is 0 Å². The molecule has 5 aromatic rings. The van der Waals surface area contributed by atoms with E-state index in [0.717, 1.165) is 38.2 Å². The average Bonchev–Trinajstić information content (AvgIpc) is 3.48. The van der Waals surface area contributed by atoms with E-state index in [1.54, 1.807) is 0 Å². The van der Waals surface area contributed by atoms with Crippen LogP contribution in [0.25, 0.3) is 55.1 Å². The molecular formula is C32H12N6. The number of fused-ring (bicyclic) bond motifs is 11. The van der Waals surface area contributed by atoms with Gasteiger partial charge in [-0.3, -0.25) is 0 Å². The smallest absolute Gasteiger partial charge is 0.139 e. The molecule has 0 saturated carbocycles. The molecule has 0 fully saturated rings. The third kappa shape index (κ3) is 2.56. The summed E-state index contributed by atoms with van der Waals surface area (Å²) in [6, 6.07) is 31.7. The summed E-state index contributed by atoms with van der Waals surface area (Å²) in [6.45, 7) is 0. The molecule has 1 aromatic heterocycles.